The Kier molecular flexibility index (Phi) is 11.1. The van der Waals surface area contributed by atoms with Crippen molar-refractivity contribution in [3.63, 3.8) is 0 Å². The highest BCUT2D eigenvalue weighted by atomic mass is 35.5. The van der Waals surface area contributed by atoms with Crippen molar-refractivity contribution in [2.45, 2.75) is 75.0 Å². The van der Waals surface area contributed by atoms with E-state index < -0.39 is 34.8 Å². The van der Waals surface area contributed by atoms with E-state index in [1.807, 2.05) is 6.07 Å². The van der Waals surface area contributed by atoms with Gasteiger partial charge in [0.05, 0.1) is 37.6 Å². The highest BCUT2D eigenvalue weighted by molar-refractivity contribution is 7.18. The first-order chi connectivity index (χ1) is 28.1. The lowest BCUT2D eigenvalue weighted by Gasteiger charge is -2.40. The Morgan fingerprint density at radius 3 is 2.51 bits per heavy atom. The van der Waals surface area contributed by atoms with Gasteiger partial charge in [-0.15, -0.1) is 11.3 Å². The second kappa shape index (κ2) is 16.0. The number of anilines is 2. The maximum atomic E-state index is 15.1. The number of nitrogens with one attached hydrogen (secondary N) is 2. The molecule has 0 bridgehead atoms. The number of nitrogens with zero attached hydrogens (tertiary/aromatic N) is 6. The normalized spacial score (nSPS) is 22.0. The van der Waals surface area contributed by atoms with Crippen LogP contribution >= 0.6 is 22.9 Å². The quantitative estimate of drug-likeness (QED) is 0.119. The molecule has 2 aliphatic heterocycles. The zero-order valence-electron chi connectivity index (χ0n) is 32.5. The molecule has 1 saturated carbocycles. The summed E-state index contributed by atoms with van der Waals surface area (Å²) >= 11 is 8.11. The van der Waals surface area contributed by atoms with Gasteiger partial charge in [-0.05, 0) is 88.2 Å². The van der Waals surface area contributed by atoms with E-state index in [1.165, 1.54) is 28.0 Å². The van der Waals surface area contributed by atoms with Crippen LogP contribution in [0.3, 0.4) is 0 Å². The van der Waals surface area contributed by atoms with Crippen LogP contribution in [0.2, 0.25) is 5.02 Å². The van der Waals surface area contributed by atoms with Gasteiger partial charge >= 0.3 is 11.9 Å². The van der Waals surface area contributed by atoms with E-state index >= 15 is 4.39 Å². The van der Waals surface area contributed by atoms with E-state index in [0.717, 1.165) is 93.3 Å². The standard InChI is InChI=1S/C41H43ClF4N8O4S/c1-51(26-11-14-53(15-12-26)31-16-25(42)17-32-36(31)52(2)39(58)54(32)40(22-55)13-10-35(56)47-21-40)20-23-6-8-24(9-7-23)38-50-30-18-27(43)29(19-33(30)59-38)49-37(57)28-4-3-5-34(48-28)41(44,45)46/h3-5,16-19,22-24,26H,6-15,20-21H2,1-2H3,(H,47,56)(H,49,57)/t23-,24-,40?. The van der Waals surface area contributed by atoms with Crippen LogP contribution in [-0.2, 0) is 28.4 Å². The average molecular weight is 855 g/mol. The van der Waals surface area contributed by atoms with Gasteiger partial charge in [0, 0.05) is 62.7 Å². The molecule has 3 aliphatic rings. The maximum absolute atomic E-state index is 15.1. The summed E-state index contributed by atoms with van der Waals surface area (Å²) in [6.07, 6.45) is 2.15. The van der Waals surface area contributed by atoms with Gasteiger partial charge in [-0.1, -0.05) is 17.7 Å². The summed E-state index contributed by atoms with van der Waals surface area (Å²) in [4.78, 5) is 63.7. The third kappa shape index (κ3) is 7.96. The number of imidazole rings is 1. The molecule has 0 radical (unpaired) electrons. The van der Waals surface area contributed by atoms with Gasteiger partial charge in [0.2, 0.25) is 5.91 Å². The minimum atomic E-state index is -4.72. The third-order valence-electron chi connectivity index (χ3n) is 12.3. The van der Waals surface area contributed by atoms with Crippen molar-refractivity contribution in [2.75, 3.05) is 43.4 Å². The Bertz CT molecular complexity index is 2490. The number of rotatable bonds is 9. The molecule has 3 aromatic heterocycles. The fraction of sp³-hybridized carbons (Fsp3) is 0.463. The molecular weight excluding hydrogens is 812 g/mol. The molecule has 18 heteroatoms. The van der Waals surface area contributed by atoms with E-state index in [1.54, 1.807) is 17.7 Å². The van der Waals surface area contributed by atoms with Gasteiger partial charge in [-0.2, -0.15) is 13.2 Å². The molecule has 1 unspecified atom stereocenters. The number of carbonyl (C=O) groups excluding carboxylic acids is 3. The Morgan fingerprint density at radius 2 is 1.83 bits per heavy atom. The van der Waals surface area contributed by atoms with Gasteiger partial charge in [-0.25, -0.2) is 19.2 Å². The van der Waals surface area contributed by atoms with Crippen LogP contribution < -0.4 is 21.2 Å². The van der Waals surface area contributed by atoms with Crippen molar-refractivity contribution in [3.8, 4) is 0 Å². The number of pyridine rings is 1. The molecule has 2 aromatic carbocycles. The number of aldehydes is 1. The van der Waals surface area contributed by atoms with Crippen molar-refractivity contribution in [3.05, 3.63) is 80.2 Å². The largest absolute Gasteiger partial charge is 0.433 e. The summed E-state index contributed by atoms with van der Waals surface area (Å²) < 4.78 is 58.1. The topological polar surface area (TPSA) is 134 Å². The SMILES string of the molecule is CN(C[C@H]1CC[C@H](c2nc3cc(F)c(NC(=O)c4cccc(C(F)(F)F)n4)cc3s2)CC1)C1CCN(c2cc(Cl)cc3c2n(C)c(=O)n3C2(C=O)CCC(=O)NC2)CC1. The smallest absolute Gasteiger partial charge is 0.370 e. The van der Waals surface area contributed by atoms with Gasteiger partial charge < -0.3 is 25.2 Å². The third-order valence-corrected chi connectivity index (χ3v) is 13.7. The monoisotopic (exact) mass is 854 g/mol. The fourth-order valence-corrected chi connectivity index (χ4v) is 10.4. The van der Waals surface area contributed by atoms with E-state index in [-0.39, 0.29) is 42.6 Å². The molecule has 5 aromatic rings. The molecular formula is C41H43ClF4N8O4S. The summed E-state index contributed by atoms with van der Waals surface area (Å²) in [5, 5.41) is 6.48. The number of hydrogen-bond donors (Lipinski definition) is 2. The molecule has 2 saturated heterocycles. The second-order valence-electron chi connectivity index (χ2n) is 16.1. The van der Waals surface area contributed by atoms with Crippen LogP contribution in [0.5, 0.6) is 0 Å². The van der Waals surface area contributed by atoms with Gasteiger partial charge in [0.25, 0.3) is 5.91 Å². The number of aryl methyl sites for hydroxylation is 1. The van der Waals surface area contributed by atoms with Crippen molar-refractivity contribution >= 4 is 73.7 Å². The zero-order chi connectivity index (χ0) is 41.8. The Hall–Kier alpha value is -4.87. The molecule has 3 fully saturated rings. The molecule has 312 valence electrons. The first kappa shape index (κ1) is 40.9. The van der Waals surface area contributed by atoms with Gasteiger partial charge in [0.1, 0.15) is 29.0 Å². The van der Waals surface area contributed by atoms with Gasteiger partial charge in [0.15, 0.2) is 0 Å². The summed E-state index contributed by atoms with van der Waals surface area (Å²) in [6.45, 7) is 2.52. The fourth-order valence-electron chi connectivity index (χ4n) is 9.05. The van der Waals surface area contributed by atoms with Crippen LogP contribution in [0.15, 0.2) is 47.3 Å². The molecule has 2 N–H and O–H groups in total. The zero-order valence-corrected chi connectivity index (χ0v) is 34.0. The van der Waals surface area contributed by atoms with Crippen molar-refractivity contribution < 1.29 is 31.9 Å². The Morgan fingerprint density at radius 1 is 1.08 bits per heavy atom. The van der Waals surface area contributed by atoms with Crippen LogP contribution in [0.25, 0.3) is 21.3 Å². The summed E-state index contributed by atoms with van der Waals surface area (Å²) in [7, 11) is 3.88. The molecule has 59 heavy (non-hydrogen) atoms. The van der Waals surface area contributed by atoms with E-state index in [2.05, 4.69) is 32.5 Å². The number of piperidine rings is 2. The molecule has 12 nitrogen and oxygen atoms in total. The number of halogens is 5. The minimum absolute atomic E-state index is 0.0413. The van der Waals surface area contributed by atoms with Crippen molar-refractivity contribution in [1.29, 1.82) is 0 Å². The van der Waals surface area contributed by atoms with Crippen LogP contribution in [0.1, 0.15) is 78.5 Å². The summed E-state index contributed by atoms with van der Waals surface area (Å²) in [6, 6.07) is 9.67. The van der Waals surface area contributed by atoms with Gasteiger partial charge in [-0.3, -0.25) is 18.7 Å². The number of amides is 2. The first-order valence-electron chi connectivity index (χ1n) is 19.7. The molecule has 5 heterocycles. The number of thiazole rings is 1. The molecule has 0 spiro atoms. The number of fused-ring (bicyclic) bond motifs is 2. The predicted octanol–water partition coefficient (Wildman–Crippen LogP) is 7.09. The lowest BCUT2D eigenvalue weighted by Crippen LogP contribution is -2.54. The van der Waals surface area contributed by atoms with Crippen molar-refractivity contribution in [2.24, 2.45) is 13.0 Å². The number of alkyl halides is 3. The minimum Gasteiger partial charge on any atom is -0.370 e. The Balaban J connectivity index is 0.874. The number of hydrogen-bond acceptors (Lipinski definition) is 9. The number of carbonyl (C=O) groups is 3. The lowest BCUT2D eigenvalue weighted by atomic mass is 9.82. The van der Waals surface area contributed by atoms with Crippen LogP contribution in [0.4, 0.5) is 28.9 Å². The highest BCUT2D eigenvalue weighted by Crippen LogP contribution is 2.41. The molecule has 1 aliphatic carbocycles. The maximum Gasteiger partial charge on any atom is 0.433 e. The first-order valence-corrected chi connectivity index (χ1v) is 20.9. The van der Waals surface area contributed by atoms with Crippen molar-refractivity contribution in [1.82, 2.24) is 29.3 Å². The van der Waals surface area contributed by atoms with Crippen LogP contribution in [0, 0.1) is 11.7 Å². The lowest BCUT2D eigenvalue weighted by molar-refractivity contribution is -0.141. The average Bonchev–Trinajstić information content (AvgIpc) is 3.75. The van der Waals surface area contributed by atoms with Crippen LogP contribution in [-0.4, -0.2) is 81.4 Å². The predicted molar refractivity (Wildman–Crippen MR) is 218 cm³/mol. The number of benzene rings is 2. The summed E-state index contributed by atoms with van der Waals surface area (Å²) in [5.41, 5.74) is -0.773. The molecule has 8 rings (SSSR count). The Labute approximate surface area is 345 Å². The molecule has 2 amide bonds. The van der Waals surface area contributed by atoms with E-state index in [4.69, 9.17) is 16.6 Å². The second-order valence-corrected chi connectivity index (χ2v) is 17.6. The highest BCUT2D eigenvalue weighted by Gasteiger charge is 2.40. The molecule has 1 atom stereocenters. The van der Waals surface area contributed by atoms with E-state index in [9.17, 15) is 32.3 Å². The summed E-state index contributed by atoms with van der Waals surface area (Å²) in [5.74, 6) is -1.12. The number of aromatic nitrogens is 4. The van der Waals surface area contributed by atoms with E-state index in [0.29, 0.717) is 38.2 Å².